The molecule has 1 aliphatic heterocycles. The van der Waals surface area contributed by atoms with Crippen LogP contribution in [0.25, 0.3) is 0 Å². The fraction of sp³-hybridized carbons (Fsp3) is 0.581. The number of nitrogens with zero attached hydrogens (tertiary/aromatic N) is 1. The smallest absolute Gasteiger partial charge is 0.290 e. The Morgan fingerprint density at radius 1 is 1.03 bits per heavy atom. The van der Waals surface area contributed by atoms with Crippen LogP contribution in [0.15, 0.2) is 42.5 Å². The molecule has 5 heteroatoms. The van der Waals surface area contributed by atoms with Crippen molar-refractivity contribution in [3.8, 4) is 0 Å². The van der Waals surface area contributed by atoms with Crippen LogP contribution in [0.5, 0.6) is 0 Å². The molecule has 3 nitrogen and oxygen atoms in total. The summed E-state index contributed by atoms with van der Waals surface area (Å²) >= 11 is 5.81. The van der Waals surface area contributed by atoms with Crippen LogP contribution < -0.4 is 0 Å². The minimum absolute atomic E-state index is 0.0972. The molecule has 36 heavy (non-hydrogen) atoms. The molecule has 204 valence electrons. The van der Waals surface area contributed by atoms with Crippen LogP contribution in [0.2, 0.25) is 5.02 Å². The average Bonchev–Trinajstić information content (AvgIpc) is 3.60. The van der Waals surface area contributed by atoms with Gasteiger partial charge >= 0.3 is 0 Å². The zero-order valence-electron chi connectivity index (χ0n) is 23.2. The first kappa shape index (κ1) is 34.1. The van der Waals surface area contributed by atoms with E-state index >= 15 is 0 Å². The Labute approximate surface area is 225 Å². The van der Waals surface area contributed by atoms with Gasteiger partial charge in [-0.05, 0) is 100 Å². The van der Waals surface area contributed by atoms with Gasteiger partial charge in [0.25, 0.3) is 6.47 Å². The quantitative estimate of drug-likeness (QED) is 0.399. The summed E-state index contributed by atoms with van der Waals surface area (Å²) < 4.78 is 12.6. The van der Waals surface area contributed by atoms with E-state index in [1.165, 1.54) is 82.6 Å². The second kappa shape index (κ2) is 22.3. The summed E-state index contributed by atoms with van der Waals surface area (Å²) in [6, 6.07) is 12.9. The van der Waals surface area contributed by atoms with Gasteiger partial charge in [0.05, 0.1) is 0 Å². The second-order valence-electron chi connectivity index (χ2n) is 9.14. The number of aryl methyl sites for hydroxylation is 3. The molecule has 1 saturated heterocycles. The van der Waals surface area contributed by atoms with Crippen molar-refractivity contribution in [1.29, 1.82) is 0 Å². The summed E-state index contributed by atoms with van der Waals surface area (Å²) in [4.78, 5) is 11.0. The van der Waals surface area contributed by atoms with Gasteiger partial charge in [0, 0.05) is 5.02 Å². The monoisotopic (exact) mass is 521 g/mol. The molecule has 4 rings (SSSR count). The van der Waals surface area contributed by atoms with E-state index in [0.717, 1.165) is 28.5 Å². The molecule has 2 aliphatic rings. The van der Waals surface area contributed by atoms with E-state index in [1.54, 1.807) is 12.1 Å². The summed E-state index contributed by atoms with van der Waals surface area (Å²) in [6.45, 7) is 13.9. The molecule has 0 atom stereocenters. The van der Waals surface area contributed by atoms with Crippen LogP contribution in [-0.2, 0) is 11.2 Å². The Hall–Kier alpha value is -1.91. The largest absolute Gasteiger partial charge is 0.483 e. The molecule has 1 heterocycles. The van der Waals surface area contributed by atoms with Gasteiger partial charge in [-0.1, -0.05) is 88.4 Å². The Balaban J connectivity index is 0.000000478. The maximum absolute atomic E-state index is 12.6. The number of halogens is 2. The number of rotatable bonds is 5. The van der Waals surface area contributed by atoms with E-state index in [9.17, 15) is 4.39 Å². The standard InChI is InChI=1S/C12H23N.C8H9Cl.C8H9F.C2H6.CH2O2/c1-2-7-12(6-1)8-5-11-13-9-3-4-10-13;1-6-3-4-7(2)8(9)5-6;1-2-7-5-3-4-6-8(7)9;1-2;2-1-3/h12H,1-11H2;3-5H,1-2H3;3-6H,2H2,1H3;1-2H3;1H,(H,2,3). The van der Waals surface area contributed by atoms with Gasteiger partial charge in [0.1, 0.15) is 5.82 Å². The first-order chi connectivity index (χ1) is 17.4. The zero-order valence-corrected chi connectivity index (χ0v) is 24.0. The number of benzene rings is 2. The van der Waals surface area contributed by atoms with Crippen molar-refractivity contribution in [1.82, 2.24) is 4.90 Å². The lowest BCUT2D eigenvalue weighted by Crippen LogP contribution is -2.20. The third kappa shape index (κ3) is 16.0. The highest BCUT2D eigenvalue weighted by Crippen LogP contribution is 2.28. The van der Waals surface area contributed by atoms with Crippen molar-refractivity contribution in [2.75, 3.05) is 19.6 Å². The Morgan fingerprint density at radius 2 is 1.61 bits per heavy atom. The highest BCUT2D eigenvalue weighted by Gasteiger charge is 2.16. The Morgan fingerprint density at radius 3 is 2.08 bits per heavy atom. The molecule has 2 fully saturated rings. The van der Waals surface area contributed by atoms with Gasteiger partial charge in [-0.25, -0.2) is 4.39 Å². The molecule has 1 saturated carbocycles. The van der Waals surface area contributed by atoms with E-state index in [1.807, 2.05) is 52.8 Å². The molecule has 0 aromatic heterocycles. The third-order valence-corrected chi connectivity index (χ3v) is 6.83. The van der Waals surface area contributed by atoms with Crippen molar-refractivity contribution in [2.24, 2.45) is 5.92 Å². The molecule has 0 amide bonds. The van der Waals surface area contributed by atoms with Gasteiger partial charge < -0.3 is 10.0 Å². The van der Waals surface area contributed by atoms with Crippen molar-refractivity contribution < 1.29 is 14.3 Å². The molecule has 0 radical (unpaired) electrons. The van der Waals surface area contributed by atoms with Crippen LogP contribution in [0, 0.1) is 25.6 Å². The van der Waals surface area contributed by atoms with E-state index in [2.05, 4.69) is 11.0 Å². The maximum Gasteiger partial charge on any atom is 0.290 e. The fourth-order valence-corrected chi connectivity index (χ4v) is 4.63. The van der Waals surface area contributed by atoms with Gasteiger partial charge in [-0.2, -0.15) is 0 Å². The van der Waals surface area contributed by atoms with Crippen LogP contribution in [-0.4, -0.2) is 36.1 Å². The zero-order chi connectivity index (χ0) is 27.2. The first-order valence-electron chi connectivity index (χ1n) is 13.7. The van der Waals surface area contributed by atoms with E-state index in [0.29, 0.717) is 0 Å². The summed E-state index contributed by atoms with van der Waals surface area (Å²) in [5, 5.41) is 7.75. The fourth-order valence-electron chi connectivity index (χ4n) is 4.39. The molecule has 2 aromatic carbocycles. The lowest BCUT2D eigenvalue weighted by Gasteiger charge is -2.15. The normalized spacial score (nSPS) is 14.6. The molecule has 0 unspecified atom stereocenters. The van der Waals surface area contributed by atoms with E-state index < -0.39 is 0 Å². The van der Waals surface area contributed by atoms with E-state index in [-0.39, 0.29) is 12.3 Å². The molecular formula is C31H49ClFNO2. The van der Waals surface area contributed by atoms with Crippen molar-refractivity contribution >= 4 is 18.1 Å². The first-order valence-corrected chi connectivity index (χ1v) is 14.0. The Kier molecular flexibility index (Phi) is 21.1. The summed E-state index contributed by atoms with van der Waals surface area (Å²) in [7, 11) is 0. The van der Waals surface area contributed by atoms with Crippen molar-refractivity contribution in [3.05, 3.63) is 70.0 Å². The molecule has 1 aliphatic carbocycles. The number of carboxylic acid groups (broad SMARTS) is 1. The minimum Gasteiger partial charge on any atom is -0.483 e. The number of hydrogen-bond acceptors (Lipinski definition) is 2. The van der Waals surface area contributed by atoms with Gasteiger partial charge in [-0.3, -0.25) is 4.79 Å². The van der Waals surface area contributed by atoms with Crippen LogP contribution >= 0.6 is 11.6 Å². The SMILES string of the molecule is C1CCC(CCCN2CCCC2)C1.CC.CCc1ccccc1F.Cc1ccc(C)c(Cl)c1.O=CO. The van der Waals surface area contributed by atoms with Gasteiger partial charge in [0.2, 0.25) is 0 Å². The van der Waals surface area contributed by atoms with Crippen molar-refractivity contribution in [3.63, 3.8) is 0 Å². The summed E-state index contributed by atoms with van der Waals surface area (Å²) in [5.74, 6) is 1.00. The Bertz CT molecular complexity index is 787. The van der Waals surface area contributed by atoms with Crippen LogP contribution in [0.3, 0.4) is 0 Å². The second-order valence-corrected chi connectivity index (χ2v) is 9.55. The van der Waals surface area contributed by atoms with E-state index in [4.69, 9.17) is 21.5 Å². The number of likely N-dealkylation sites (tertiary alicyclic amines) is 1. The number of carbonyl (C=O) groups is 1. The maximum atomic E-state index is 12.6. The van der Waals surface area contributed by atoms with Gasteiger partial charge in [-0.15, -0.1) is 0 Å². The summed E-state index contributed by atoms with van der Waals surface area (Å²) in [6.07, 6.45) is 12.7. The minimum atomic E-state index is -0.250. The highest BCUT2D eigenvalue weighted by atomic mass is 35.5. The van der Waals surface area contributed by atoms with Crippen LogP contribution in [0.1, 0.15) is 88.8 Å². The topological polar surface area (TPSA) is 40.5 Å². The summed E-state index contributed by atoms with van der Waals surface area (Å²) in [5.41, 5.74) is 3.14. The third-order valence-electron chi connectivity index (χ3n) is 6.43. The predicted octanol–water partition coefficient (Wildman–Crippen LogP) is 9.12. The average molecular weight is 522 g/mol. The molecule has 2 aromatic rings. The highest BCUT2D eigenvalue weighted by molar-refractivity contribution is 6.31. The van der Waals surface area contributed by atoms with Crippen LogP contribution in [0.4, 0.5) is 4.39 Å². The molecular weight excluding hydrogens is 473 g/mol. The number of hydrogen-bond donors (Lipinski definition) is 1. The lowest BCUT2D eigenvalue weighted by molar-refractivity contribution is -0.122. The molecule has 0 bridgehead atoms. The predicted molar refractivity (Wildman–Crippen MR) is 154 cm³/mol. The molecule has 1 N–H and O–H groups in total. The molecule has 0 spiro atoms. The van der Waals surface area contributed by atoms with Gasteiger partial charge in [0.15, 0.2) is 0 Å². The lowest BCUT2D eigenvalue weighted by atomic mass is 10.0. The van der Waals surface area contributed by atoms with Crippen molar-refractivity contribution in [2.45, 2.75) is 92.4 Å².